The van der Waals surface area contributed by atoms with Crippen LogP contribution in [0.3, 0.4) is 0 Å². The number of nitrogens with zero attached hydrogens (tertiary/aromatic N) is 4. The molecule has 0 saturated heterocycles. The molecule has 0 fully saturated rings. The summed E-state index contributed by atoms with van der Waals surface area (Å²) in [5.74, 6) is 0. The molecule has 0 aromatic carbocycles. The van der Waals surface area contributed by atoms with Crippen LogP contribution in [-0.2, 0) is 7.05 Å². The van der Waals surface area contributed by atoms with Crippen molar-refractivity contribution in [2.45, 2.75) is 0 Å². The van der Waals surface area contributed by atoms with Crippen LogP contribution in [0.5, 0.6) is 0 Å². The quantitative estimate of drug-likeness (QED) is 0.629. The highest BCUT2D eigenvalue weighted by Gasteiger charge is 2.06. The van der Waals surface area contributed by atoms with Gasteiger partial charge in [-0.25, -0.2) is 9.97 Å². The van der Waals surface area contributed by atoms with Gasteiger partial charge in [-0.05, 0) is 0 Å². The minimum Gasteiger partial charge on any atom is -0.415 e. The molecule has 6 heteroatoms. The predicted molar refractivity (Wildman–Crippen MR) is 44.9 cm³/mol. The summed E-state index contributed by atoms with van der Waals surface area (Å²) in [4.78, 5) is 13.0. The van der Waals surface area contributed by atoms with E-state index in [4.69, 9.17) is 10.2 Å². The molecule has 0 saturated carbocycles. The zero-order valence-electron chi connectivity index (χ0n) is 7.35. The van der Waals surface area contributed by atoms with Gasteiger partial charge in [-0.15, -0.1) is 0 Å². The molecule has 0 amide bonds. The second-order valence-corrected chi connectivity index (χ2v) is 2.63. The van der Waals surface area contributed by atoms with E-state index in [0.29, 0.717) is 11.2 Å². The van der Waals surface area contributed by atoms with Gasteiger partial charge in [0.05, 0.1) is 6.33 Å². The van der Waals surface area contributed by atoms with Crippen molar-refractivity contribution in [2.75, 3.05) is 7.11 Å². The minimum atomic E-state index is 0.160. The molecular weight excluding hydrogens is 170 g/mol. The van der Waals surface area contributed by atoms with E-state index in [-0.39, 0.29) is 5.49 Å². The fourth-order valence-electron chi connectivity index (χ4n) is 1.19. The van der Waals surface area contributed by atoms with Gasteiger partial charge in [0.2, 0.25) is 0 Å². The summed E-state index contributed by atoms with van der Waals surface area (Å²) in [6.07, 6.45) is 3.07. The first-order chi connectivity index (χ1) is 6.24. The maximum atomic E-state index is 7.56. The van der Waals surface area contributed by atoms with Gasteiger partial charge < -0.3 is 9.40 Å². The van der Waals surface area contributed by atoms with Gasteiger partial charge in [0, 0.05) is 7.05 Å². The van der Waals surface area contributed by atoms with Crippen LogP contribution in [0.2, 0.25) is 0 Å². The average molecular weight is 179 g/mol. The number of aromatic nitrogens is 4. The third kappa shape index (κ3) is 0.986. The molecule has 2 aromatic heterocycles. The Bertz CT molecular complexity index is 497. The first kappa shape index (κ1) is 7.78. The van der Waals surface area contributed by atoms with E-state index in [1.165, 1.54) is 18.2 Å². The lowest BCUT2D eigenvalue weighted by molar-refractivity contribution is 0.176. The molecule has 2 aromatic rings. The Kier molecular flexibility index (Phi) is 1.54. The minimum absolute atomic E-state index is 0.160. The third-order valence-electron chi connectivity index (χ3n) is 1.83. The Morgan fingerprint density at radius 1 is 1.38 bits per heavy atom. The van der Waals surface area contributed by atoms with Gasteiger partial charge in [0.1, 0.15) is 13.4 Å². The van der Waals surface area contributed by atoms with Crippen LogP contribution in [0, 0.1) is 5.41 Å². The summed E-state index contributed by atoms with van der Waals surface area (Å²) in [5.41, 5.74) is 1.42. The number of nitrogens with one attached hydrogen (secondary N) is 1. The Labute approximate surface area is 73.9 Å². The molecule has 0 spiro atoms. The summed E-state index contributed by atoms with van der Waals surface area (Å²) in [6.45, 7) is 0. The predicted octanol–water partition coefficient (Wildman–Crippen LogP) is -0.692. The molecule has 0 aliphatic heterocycles. The van der Waals surface area contributed by atoms with E-state index >= 15 is 0 Å². The van der Waals surface area contributed by atoms with Crippen molar-refractivity contribution < 1.29 is 4.84 Å². The molecule has 0 atom stereocenters. The molecular formula is C7H9N5O. The van der Waals surface area contributed by atoms with Crippen molar-refractivity contribution in [1.29, 1.82) is 5.41 Å². The second kappa shape index (κ2) is 2.58. The van der Waals surface area contributed by atoms with Crippen molar-refractivity contribution in [2.24, 2.45) is 7.05 Å². The van der Waals surface area contributed by atoms with Gasteiger partial charge in [-0.1, -0.05) is 0 Å². The number of aryl methyl sites for hydroxylation is 1. The van der Waals surface area contributed by atoms with Gasteiger partial charge in [-0.2, -0.15) is 4.73 Å². The van der Waals surface area contributed by atoms with E-state index in [9.17, 15) is 0 Å². The fraction of sp³-hybridized carbons (Fsp3) is 0.286. The molecule has 68 valence electrons. The van der Waals surface area contributed by atoms with Crippen molar-refractivity contribution in [3.63, 3.8) is 0 Å². The van der Waals surface area contributed by atoms with Crippen LogP contribution in [0.4, 0.5) is 0 Å². The van der Waals surface area contributed by atoms with Crippen LogP contribution in [0.25, 0.3) is 11.2 Å². The standard InChI is InChI=1S/C7H9N5O/c1-11-3-9-6(8)5-7(11)10-4-12(5)13-2/h3-4,8H,1-2H3. The Hall–Kier alpha value is -1.85. The second-order valence-electron chi connectivity index (χ2n) is 2.63. The lowest BCUT2D eigenvalue weighted by atomic mass is 10.5. The molecule has 0 radical (unpaired) electrons. The van der Waals surface area contributed by atoms with Crippen molar-refractivity contribution in [1.82, 2.24) is 19.3 Å². The molecule has 2 heterocycles. The maximum absolute atomic E-state index is 7.56. The van der Waals surface area contributed by atoms with Crippen LogP contribution in [-0.4, -0.2) is 26.4 Å². The zero-order valence-corrected chi connectivity index (χ0v) is 7.35. The van der Waals surface area contributed by atoms with Crippen LogP contribution in [0.1, 0.15) is 0 Å². The molecule has 2 rings (SSSR count). The molecule has 0 aliphatic rings. The van der Waals surface area contributed by atoms with Crippen molar-refractivity contribution in [3.8, 4) is 0 Å². The monoisotopic (exact) mass is 179 g/mol. The van der Waals surface area contributed by atoms with Gasteiger partial charge in [-0.3, -0.25) is 5.41 Å². The molecule has 1 N–H and O–H groups in total. The third-order valence-corrected chi connectivity index (χ3v) is 1.83. The summed E-state index contributed by atoms with van der Waals surface area (Å²) < 4.78 is 3.16. The summed E-state index contributed by atoms with van der Waals surface area (Å²) in [6, 6.07) is 0. The largest absolute Gasteiger partial charge is 0.415 e. The summed E-state index contributed by atoms with van der Waals surface area (Å²) in [5, 5.41) is 7.56. The fourth-order valence-corrected chi connectivity index (χ4v) is 1.19. The summed E-state index contributed by atoms with van der Waals surface area (Å²) in [7, 11) is 3.34. The Morgan fingerprint density at radius 2 is 2.15 bits per heavy atom. The normalized spacial score (nSPS) is 10.6. The highest BCUT2D eigenvalue weighted by atomic mass is 16.6. The number of imidazole rings is 1. The topological polar surface area (TPSA) is 68.7 Å². The first-order valence-corrected chi connectivity index (χ1v) is 3.72. The highest BCUT2D eigenvalue weighted by molar-refractivity contribution is 5.68. The van der Waals surface area contributed by atoms with Crippen molar-refractivity contribution >= 4 is 11.2 Å². The van der Waals surface area contributed by atoms with E-state index in [0.717, 1.165) is 0 Å². The average Bonchev–Trinajstić information content (AvgIpc) is 2.56. The molecule has 0 unspecified atom stereocenters. The van der Waals surface area contributed by atoms with Gasteiger partial charge in [0.25, 0.3) is 0 Å². The number of hydrogen-bond acceptors (Lipinski definition) is 4. The zero-order chi connectivity index (χ0) is 9.42. The van der Waals surface area contributed by atoms with E-state index < -0.39 is 0 Å². The molecule has 13 heavy (non-hydrogen) atoms. The molecule has 0 bridgehead atoms. The number of fused-ring (bicyclic) bond motifs is 1. The first-order valence-electron chi connectivity index (χ1n) is 3.72. The van der Waals surface area contributed by atoms with Gasteiger partial charge >= 0.3 is 0 Å². The SMILES string of the molecule is COn1cnc2c1c(=N)ncn2C. The van der Waals surface area contributed by atoms with Gasteiger partial charge in [0.15, 0.2) is 16.7 Å². The maximum Gasteiger partial charge on any atom is 0.177 e. The van der Waals surface area contributed by atoms with Crippen LogP contribution >= 0.6 is 0 Å². The summed E-state index contributed by atoms with van der Waals surface area (Å²) >= 11 is 0. The lowest BCUT2D eigenvalue weighted by Crippen LogP contribution is -2.16. The highest BCUT2D eigenvalue weighted by Crippen LogP contribution is 2.03. The Morgan fingerprint density at radius 3 is 2.85 bits per heavy atom. The van der Waals surface area contributed by atoms with E-state index in [1.54, 1.807) is 10.9 Å². The Balaban J connectivity index is 2.96. The number of rotatable bonds is 1. The van der Waals surface area contributed by atoms with Crippen molar-refractivity contribution in [3.05, 3.63) is 18.1 Å². The number of hydrogen-bond donors (Lipinski definition) is 1. The van der Waals surface area contributed by atoms with Crippen LogP contribution in [0.15, 0.2) is 12.7 Å². The van der Waals surface area contributed by atoms with E-state index in [2.05, 4.69) is 9.97 Å². The molecule has 6 nitrogen and oxygen atoms in total. The smallest absolute Gasteiger partial charge is 0.177 e. The van der Waals surface area contributed by atoms with E-state index in [1.807, 2.05) is 7.05 Å². The molecule has 0 aliphatic carbocycles. The lowest BCUT2D eigenvalue weighted by Gasteiger charge is -2.01. The van der Waals surface area contributed by atoms with Crippen LogP contribution < -0.4 is 10.3 Å².